The van der Waals surface area contributed by atoms with Crippen molar-refractivity contribution < 1.29 is 9.59 Å². The van der Waals surface area contributed by atoms with Crippen molar-refractivity contribution in [2.75, 3.05) is 5.32 Å². The van der Waals surface area contributed by atoms with Crippen LogP contribution in [0, 0.1) is 29.6 Å². The van der Waals surface area contributed by atoms with Gasteiger partial charge in [-0.05, 0) is 66.5 Å². The average molecular weight is 541 g/mol. The lowest BCUT2D eigenvalue weighted by atomic mass is 9.98. The molecule has 11 heteroatoms. The summed E-state index contributed by atoms with van der Waals surface area (Å²) in [6.07, 6.45) is 1.60. The Kier molecular flexibility index (Phi) is 7.35. The van der Waals surface area contributed by atoms with Crippen molar-refractivity contribution in [3.05, 3.63) is 68.5 Å². The molecule has 2 aromatic heterocycles. The van der Waals surface area contributed by atoms with E-state index in [2.05, 4.69) is 36.6 Å². The molecule has 1 aromatic carbocycles. The maximum Gasteiger partial charge on any atom is 0.274 e. The molecule has 2 heterocycles. The van der Waals surface area contributed by atoms with Gasteiger partial charge in [-0.3, -0.25) is 9.59 Å². The Balaban J connectivity index is 2.04. The highest BCUT2D eigenvalue weighted by Crippen LogP contribution is 2.26. The number of carbonyl (C=O) groups is 2. The number of aromatic nitrogens is 3. The Labute approximate surface area is 209 Å². The molecule has 0 atom stereocenters. The first kappa shape index (κ1) is 24.9. The molecule has 2 N–H and O–H groups in total. The number of aryl methyl sites for hydroxylation is 1. The second-order valence-corrected chi connectivity index (χ2v) is 9.25. The van der Waals surface area contributed by atoms with Gasteiger partial charge in [0.2, 0.25) is 0 Å². The topological polar surface area (TPSA) is 136 Å². The molecule has 2 amide bonds. The number of amides is 2. The maximum absolute atomic E-state index is 13.3. The van der Waals surface area contributed by atoms with Crippen molar-refractivity contribution in [2.45, 2.75) is 32.7 Å². The lowest BCUT2D eigenvalue weighted by molar-refractivity contribution is 0.0915. The summed E-state index contributed by atoms with van der Waals surface area (Å²) in [5.74, 6) is -0.843. The fraction of sp³-hybridized carbons (Fsp3) is 0.217. The van der Waals surface area contributed by atoms with Crippen molar-refractivity contribution >= 4 is 45.0 Å². The summed E-state index contributed by atoms with van der Waals surface area (Å²) in [5.41, 5.74) is 0.390. The summed E-state index contributed by atoms with van der Waals surface area (Å²) in [7, 11) is 0. The summed E-state index contributed by atoms with van der Waals surface area (Å²) in [6.45, 7) is 5.09. The Bertz CT molecular complexity index is 1370. The molecule has 0 aliphatic rings. The summed E-state index contributed by atoms with van der Waals surface area (Å²) >= 11 is 9.51. The molecule has 0 unspecified atom stereocenters. The predicted molar refractivity (Wildman–Crippen MR) is 130 cm³/mol. The molecule has 34 heavy (non-hydrogen) atoms. The number of rotatable bonds is 6. The van der Waals surface area contributed by atoms with E-state index in [4.69, 9.17) is 16.9 Å². The van der Waals surface area contributed by atoms with Crippen LogP contribution in [0.5, 0.6) is 0 Å². The lowest BCUT2D eigenvalue weighted by Gasteiger charge is -2.24. The van der Waals surface area contributed by atoms with Crippen LogP contribution in [0.1, 0.15) is 52.2 Å². The number of nitrogens with zero attached hydrogens (tertiary/aromatic N) is 5. The van der Waals surface area contributed by atoms with Crippen LogP contribution in [0.15, 0.2) is 41.1 Å². The highest BCUT2D eigenvalue weighted by atomic mass is 79.9. The summed E-state index contributed by atoms with van der Waals surface area (Å²) in [6, 6.07) is 11.8. The molecule has 0 saturated carbocycles. The van der Waals surface area contributed by atoms with Crippen molar-refractivity contribution in [2.24, 2.45) is 0 Å². The van der Waals surface area contributed by atoms with Gasteiger partial charge in [0.1, 0.15) is 10.3 Å². The molecule has 0 radical (unpaired) electrons. The molecule has 0 bridgehead atoms. The minimum Gasteiger partial charge on any atom is -0.346 e. The first-order chi connectivity index (χ1) is 16.1. The van der Waals surface area contributed by atoms with Crippen LogP contribution < -0.4 is 10.6 Å². The van der Waals surface area contributed by atoms with E-state index in [1.165, 1.54) is 23.0 Å². The lowest BCUT2D eigenvalue weighted by Crippen LogP contribution is -2.43. The van der Waals surface area contributed by atoms with Crippen LogP contribution in [-0.4, -0.2) is 32.1 Å². The predicted octanol–water partition coefficient (Wildman–Crippen LogP) is 4.54. The number of carbonyl (C=O) groups excluding carboxylic acids is 2. The minimum absolute atomic E-state index is 0.0788. The van der Waals surface area contributed by atoms with E-state index in [-0.39, 0.29) is 34.7 Å². The smallest absolute Gasteiger partial charge is 0.274 e. The fourth-order valence-electron chi connectivity index (χ4n) is 3.20. The third-order valence-corrected chi connectivity index (χ3v) is 5.46. The van der Waals surface area contributed by atoms with Gasteiger partial charge in [-0.1, -0.05) is 11.6 Å². The number of pyridine rings is 1. The highest BCUT2D eigenvalue weighted by Gasteiger charge is 2.26. The Hall–Kier alpha value is -3.73. The van der Waals surface area contributed by atoms with Crippen molar-refractivity contribution in [3.63, 3.8) is 0 Å². The SMILES string of the molecule is Cc1cc(C#N)cc(C(=O)NC(C)(C)CC#N)c1NC(=O)c1cc(Br)nn1-c1ncccc1Cl. The highest BCUT2D eigenvalue weighted by molar-refractivity contribution is 9.10. The van der Waals surface area contributed by atoms with Gasteiger partial charge in [0.05, 0.1) is 40.4 Å². The second kappa shape index (κ2) is 10.0. The van der Waals surface area contributed by atoms with E-state index in [1.54, 1.807) is 39.0 Å². The van der Waals surface area contributed by atoms with Gasteiger partial charge in [0.15, 0.2) is 5.82 Å². The van der Waals surface area contributed by atoms with Crippen LogP contribution in [0.2, 0.25) is 5.02 Å². The third-order valence-electron chi connectivity index (χ3n) is 4.77. The second-order valence-electron chi connectivity index (χ2n) is 8.03. The Morgan fingerprint density at radius 3 is 2.62 bits per heavy atom. The van der Waals surface area contributed by atoms with Gasteiger partial charge in [0.25, 0.3) is 11.8 Å². The molecule has 0 aliphatic heterocycles. The van der Waals surface area contributed by atoms with Crippen LogP contribution in [0.25, 0.3) is 5.82 Å². The van der Waals surface area contributed by atoms with Gasteiger partial charge >= 0.3 is 0 Å². The molecule has 172 valence electrons. The van der Waals surface area contributed by atoms with E-state index < -0.39 is 17.4 Å². The zero-order valence-corrected chi connectivity index (χ0v) is 20.8. The molecule has 0 spiro atoms. The van der Waals surface area contributed by atoms with E-state index >= 15 is 0 Å². The quantitative estimate of drug-likeness (QED) is 0.471. The number of hydrogen-bond donors (Lipinski definition) is 2. The first-order valence-electron chi connectivity index (χ1n) is 9.98. The molecule has 3 aromatic rings. The van der Waals surface area contributed by atoms with Crippen molar-refractivity contribution in [1.82, 2.24) is 20.1 Å². The number of halogens is 2. The van der Waals surface area contributed by atoms with E-state index in [1.807, 2.05) is 12.1 Å². The first-order valence-corrected chi connectivity index (χ1v) is 11.2. The van der Waals surface area contributed by atoms with E-state index in [0.717, 1.165) is 0 Å². The Morgan fingerprint density at radius 2 is 1.97 bits per heavy atom. The number of hydrogen-bond acceptors (Lipinski definition) is 6. The summed E-state index contributed by atoms with van der Waals surface area (Å²) < 4.78 is 1.67. The van der Waals surface area contributed by atoms with Crippen LogP contribution >= 0.6 is 27.5 Å². The minimum atomic E-state index is -0.817. The number of nitrogens with one attached hydrogen (secondary N) is 2. The van der Waals surface area contributed by atoms with Gasteiger partial charge in [0, 0.05) is 17.8 Å². The van der Waals surface area contributed by atoms with E-state index in [0.29, 0.717) is 15.2 Å². The number of anilines is 1. The molecule has 0 fully saturated rings. The molecule has 3 rings (SSSR count). The zero-order valence-electron chi connectivity index (χ0n) is 18.5. The number of benzene rings is 1. The van der Waals surface area contributed by atoms with Gasteiger partial charge in [-0.15, -0.1) is 0 Å². The Morgan fingerprint density at radius 1 is 1.24 bits per heavy atom. The van der Waals surface area contributed by atoms with Crippen LogP contribution in [0.4, 0.5) is 5.69 Å². The van der Waals surface area contributed by atoms with Crippen molar-refractivity contribution in [1.29, 1.82) is 10.5 Å². The molecule has 9 nitrogen and oxygen atoms in total. The molecule has 0 saturated heterocycles. The van der Waals surface area contributed by atoms with Gasteiger partial charge in [-0.2, -0.15) is 15.6 Å². The molecular formula is C23H19BrClN7O2. The summed E-state index contributed by atoms with van der Waals surface area (Å²) in [5, 5.41) is 28.5. The normalized spacial score (nSPS) is 10.8. The largest absolute Gasteiger partial charge is 0.346 e. The fourth-order valence-corrected chi connectivity index (χ4v) is 3.78. The standard InChI is InChI=1S/C23H19BrClN7O2/c1-13-9-14(12-27)10-15(21(33)30-23(2,3)6-7-26)19(13)29-22(34)17-11-18(24)31-32(17)20-16(25)5-4-8-28-20/h4-5,8-11H,6H2,1-3H3,(H,29,34)(H,30,33). The monoisotopic (exact) mass is 539 g/mol. The summed E-state index contributed by atoms with van der Waals surface area (Å²) in [4.78, 5) is 30.6. The number of nitriles is 2. The average Bonchev–Trinajstić information content (AvgIpc) is 3.16. The maximum atomic E-state index is 13.3. The zero-order chi connectivity index (χ0) is 25.0. The third kappa shape index (κ3) is 5.42. The van der Waals surface area contributed by atoms with Crippen LogP contribution in [-0.2, 0) is 0 Å². The van der Waals surface area contributed by atoms with Gasteiger partial charge < -0.3 is 10.6 Å². The van der Waals surface area contributed by atoms with E-state index in [9.17, 15) is 14.9 Å². The van der Waals surface area contributed by atoms with Crippen molar-refractivity contribution in [3.8, 4) is 18.0 Å². The molecular weight excluding hydrogens is 522 g/mol. The molecule has 0 aliphatic carbocycles. The van der Waals surface area contributed by atoms with Gasteiger partial charge in [-0.25, -0.2) is 9.67 Å². The van der Waals surface area contributed by atoms with Crippen LogP contribution in [0.3, 0.4) is 0 Å².